The Hall–Kier alpha value is -4.00. The number of phenolic OH excluding ortho intramolecular Hbond substituents is 1. The summed E-state index contributed by atoms with van der Waals surface area (Å²) in [5.74, 6) is -21.5. The predicted octanol–water partition coefficient (Wildman–Crippen LogP) is 6.82. The summed E-state index contributed by atoms with van der Waals surface area (Å²) >= 11 is 20.4. The Morgan fingerprint density at radius 2 is 1.40 bits per heavy atom. The third-order valence-electron chi connectivity index (χ3n) is 9.86. The molecule has 7 nitrogen and oxygen atoms in total. The standard InChI is InChI=1S/C33H20Cl3F5N2O5/c1-12-2-5-14(10-19(12)34)42-28(45)17-9-8-16-18(20(17)29(42)46)11-32(35)30(47)43(27-25(40)23(38)22(37)24(39)26(27)41)31(48)33(32,36)21(16)13-3-6-15(44)7-4-13/h2-8,10,17-18,20-21,44H,9,11H2,1H3. The van der Waals surface area contributed by atoms with Gasteiger partial charge in [0, 0.05) is 10.9 Å². The first kappa shape index (κ1) is 32.5. The van der Waals surface area contributed by atoms with Crippen molar-refractivity contribution in [3.05, 3.63) is 99.3 Å². The zero-order valence-electron chi connectivity index (χ0n) is 24.3. The van der Waals surface area contributed by atoms with E-state index in [1.807, 2.05) is 0 Å². The van der Waals surface area contributed by atoms with Crippen LogP contribution in [0, 0.1) is 53.8 Å². The summed E-state index contributed by atoms with van der Waals surface area (Å²) in [5.41, 5.74) is -0.514. The highest BCUT2D eigenvalue weighted by molar-refractivity contribution is 6.58. The first-order valence-corrected chi connectivity index (χ1v) is 15.6. The third kappa shape index (κ3) is 4.05. The second-order valence-electron chi connectivity index (χ2n) is 12.2. The van der Waals surface area contributed by atoms with Crippen LogP contribution in [0.15, 0.2) is 54.1 Å². The lowest BCUT2D eigenvalue weighted by Crippen LogP contribution is -2.60. The molecule has 4 amide bonds. The van der Waals surface area contributed by atoms with Crippen molar-refractivity contribution in [3.63, 3.8) is 0 Å². The topological polar surface area (TPSA) is 95.0 Å². The molecule has 6 unspecified atom stereocenters. The van der Waals surface area contributed by atoms with E-state index in [-0.39, 0.29) is 28.3 Å². The minimum atomic E-state index is -2.65. The Balaban J connectivity index is 1.41. The summed E-state index contributed by atoms with van der Waals surface area (Å²) in [6.07, 6.45) is 0.939. The van der Waals surface area contributed by atoms with Crippen molar-refractivity contribution in [2.75, 3.05) is 9.80 Å². The average molecular weight is 726 g/mol. The maximum Gasteiger partial charge on any atom is 0.258 e. The molecule has 0 radical (unpaired) electrons. The molecule has 7 rings (SSSR count). The molecule has 0 bridgehead atoms. The van der Waals surface area contributed by atoms with Crippen molar-refractivity contribution in [3.8, 4) is 5.75 Å². The number of allylic oxidation sites excluding steroid dienone is 2. The smallest absolute Gasteiger partial charge is 0.258 e. The minimum Gasteiger partial charge on any atom is -0.508 e. The van der Waals surface area contributed by atoms with Crippen molar-refractivity contribution in [2.45, 2.75) is 35.4 Å². The highest BCUT2D eigenvalue weighted by atomic mass is 35.5. The Morgan fingerprint density at radius 3 is 2.00 bits per heavy atom. The maximum atomic E-state index is 15.1. The Kier molecular flexibility index (Phi) is 7.29. The van der Waals surface area contributed by atoms with E-state index in [1.54, 1.807) is 19.1 Å². The van der Waals surface area contributed by atoms with Gasteiger partial charge in [-0.1, -0.05) is 41.4 Å². The van der Waals surface area contributed by atoms with Gasteiger partial charge in [-0.15, -0.1) is 23.2 Å². The van der Waals surface area contributed by atoms with Crippen LogP contribution in [0.5, 0.6) is 5.75 Å². The van der Waals surface area contributed by atoms with Crippen molar-refractivity contribution in [1.82, 2.24) is 0 Å². The lowest BCUT2D eigenvalue weighted by molar-refractivity contribution is -0.125. The molecule has 2 aliphatic heterocycles. The van der Waals surface area contributed by atoms with E-state index < -0.39 is 98.2 Å². The number of hydrogen-bond acceptors (Lipinski definition) is 5. The third-order valence-corrected chi connectivity index (χ3v) is 11.7. The number of halogens is 8. The Labute approximate surface area is 283 Å². The fourth-order valence-electron chi connectivity index (χ4n) is 7.58. The van der Waals surface area contributed by atoms with Crippen LogP contribution in [0.3, 0.4) is 0 Å². The molecule has 4 aliphatic rings. The van der Waals surface area contributed by atoms with Crippen LogP contribution in [-0.4, -0.2) is 38.5 Å². The van der Waals surface area contributed by atoms with Gasteiger partial charge in [0.1, 0.15) is 11.4 Å². The lowest BCUT2D eigenvalue weighted by Gasteiger charge is -2.50. The predicted molar refractivity (Wildman–Crippen MR) is 163 cm³/mol. The van der Waals surface area contributed by atoms with Crippen LogP contribution in [0.25, 0.3) is 0 Å². The molecule has 2 aliphatic carbocycles. The number of nitrogens with zero attached hydrogens (tertiary/aromatic N) is 2. The van der Waals surface area contributed by atoms with Crippen LogP contribution in [-0.2, 0) is 19.2 Å². The van der Waals surface area contributed by atoms with Gasteiger partial charge in [-0.05, 0) is 61.1 Å². The van der Waals surface area contributed by atoms with Gasteiger partial charge < -0.3 is 5.11 Å². The van der Waals surface area contributed by atoms with Crippen molar-refractivity contribution in [2.24, 2.45) is 17.8 Å². The Bertz CT molecular complexity index is 2020. The zero-order chi connectivity index (χ0) is 34.8. The second-order valence-corrected chi connectivity index (χ2v) is 13.9. The van der Waals surface area contributed by atoms with Gasteiger partial charge in [-0.3, -0.25) is 19.2 Å². The fourth-order valence-corrected chi connectivity index (χ4v) is 8.69. The van der Waals surface area contributed by atoms with Gasteiger partial charge >= 0.3 is 0 Å². The molecule has 2 heterocycles. The highest BCUT2D eigenvalue weighted by Crippen LogP contribution is 2.66. The number of aryl methyl sites for hydroxylation is 1. The largest absolute Gasteiger partial charge is 0.508 e. The molecule has 1 N–H and O–H groups in total. The van der Waals surface area contributed by atoms with Crippen LogP contribution in [0.2, 0.25) is 5.02 Å². The number of phenols is 1. The molecule has 0 aromatic heterocycles. The van der Waals surface area contributed by atoms with E-state index in [0.717, 1.165) is 4.90 Å². The molecule has 3 aromatic rings. The number of hydrogen-bond donors (Lipinski definition) is 1. The van der Waals surface area contributed by atoms with Crippen LogP contribution < -0.4 is 9.80 Å². The van der Waals surface area contributed by atoms with Gasteiger partial charge in [0.15, 0.2) is 33.0 Å². The molecular weight excluding hydrogens is 706 g/mol. The SMILES string of the molecule is Cc1ccc(N2C(=O)C3CC=C4C(CC5(Cl)C(=O)N(c6c(F)c(F)c(F)c(F)c6F)C(=O)C5(Cl)C4c4ccc(O)cc4)C3C2=O)cc1Cl. The summed E-state index contributed by atoms with van der Waals surface area (Å²) in [4.78, 5) is 51.7. The number of alkyl halides is 2. The molecular formula is C33H20Cl3F5N2O5. The number of amides is 4. The highest BCUT2D eigenvalue weighted by Gasteiger charge is 2.77. The van der Waals surface area contributed by atoms with E-state index >= 15 is 8.78 Å². The molecule has 2 saturated heterocycles. The molecule has 15 heteroatoms. The van der Waals surface area contributed by atoms with Gasteiger partial charge in [0.05, 0.1) is 17.5 Å². The van der Waals surface area contributed by atoms with Crippen molar-refractivity contribution >= 4 is 69.8 Å². The number of aromatic hydroxyl groups is 1. The van der Waals surface area contributed by atoms with Gasteiger partial charge in [-0.25, -0.2) is 31.8 Å². The van der Waals surface area contributed by atoms with Crippen LogP contribution in [0.4, 0.5) is 33.3 Å². The van der Waals surface area contributed by atoms with Crippen LogP contribution >= 0.6 is 34.8 Å². The van der Waals surface area contributed by atoms with E-state index in [2.05, 4.69) is 0 Å². The number of carbonyl (C=O) groups is 4. The number of fused-ring (bicyclic) bond motifs is 4. The van der Waals surface area contributed by atoms with Crippen LogP contribution in [0.1, 0.15) is 29.9 Å². The van der Waals surface area contributed by atoms with E-state index in [9.17, 15) is 37.5 Å². The second kappa shape index (κ2) is 10.8. The fraction of sp³-hybridized carbons (Fsp3) is 0.273. The summed E-state index contributed by atoms with van der Waals surface area (Å²) in [5, 5.41) is 10.3. The number of imide groups is 2. The number of rotatable bonds is 3. The summed E-state index contributed by atoms with van der Waals surface area (Å²) in [6.45, 7) is 1.73. The van der Waals surface area contributed by atoms with Gasteiger partial charge in [0.25, 0.3) is 11.8 Å². The van der Waals surface area contributed by atoms with Gasteiger partial charge in [-0.2, -0.15) is 0 Å². The molecule has 1 saturated carbocycles. The molecule has 3 fully saturated rings. The maximum absolute atomic E-state index is 15.1. The average Bonchev–Trinajstić information content (AvgIpc) is 3.39. The van der Waals surface area contributed by atoms with E-state index in [1.165, 1.54) is 36.4 Å². The van der Waals surface area contributed by atoms with Gasteiger partial charge in [0.2, 0.25) is 17.6 Å². The number of anilines is 2. The number of carbonyl (C=O) groups excluding carboxylic acids is 4. The quantitative estimate of drug-likeness (QED) is 0.0800. The summed E-state index contributed by atoms with van der Waals surface area (Å²) in [7, 11) is 0. The molecule has 3 aromatic carbocycles. The lowest BCUT2D eigenvalue weighted by atomic mass is 9.56. The first-order chi connectivity index (χ1) is 22.6. The minimum absolute atomic E-state index is 0.0164. The molecule has 248 valence electrons. The van der Waals surface area contributed by atoms with E-state index in [0.29, 0.717) is 16.2 Å². The van der Waals surface area contributed by atoms with Crippen molar-refractivity contribution < 1.29 is 46.2 Å². The zero-order valence-corrected chi connectivity index (χ0v) is 26.6. The normalized spacial score (nSPS) is 29.6. The van der Waals surface area contributed by atoms with E-state index in [4.69, 9.17) is 34.8 Å². The van der Waals surface area contributed by atoms with Crippen molar-refractivity contribution in [1.29, 1.82) is 0 Å². The Morgan fingerprint density at radius 1 is 0.792 bits per heavy atom. The molecule has 6 atom stereocenters. The molecule has 0 spiro atoms. The first-order valence-electron chi connectivity index (χ1n) is 14.5. The summed E-state index contributed by atoms with van der Waals surface area (Å²) < 4.78 is 72.9. The number of benzene rings is 3. The molecule has 48 heavy (non-hydrogen) atoms. The monoisotopic (exact) mass is 724 g/mol. The summed E-state index contributed by atoms with van der Waals surface area (Å²) in [6, 6.07) is 9.77.